The Balaban J connectivity index is 1.38. The van der Waals surface area contributed by atoms with E-state index in [1.54, 1.807) is 0 Å². The van der Waals surface area contributed by atoms with Crippen molar-refractivity contribution in [3.05, 3.63) is 5.89 Å². The van der Waals surface area contributed by atoms with Crippen LogP contribution in [0.15, 0.2) is 9.64 Å². The zero-order valence-electron chi connectivity index (χ0n) is 13.5. The lowest BCUT2D eigenvalue weighted by atomic mass is 9.49. The molecule has 2 amide bonds. The second-order valence-electron chi connectivity index (χ2n) is 7.60. The summed E-state index contributed by atoms with van der Waals surface area (Å²) in [4.78, 5) is 22.3. The fraction of sp³-hybridized carbons (Fsp3) is 0.750. The van der Waals surface area contributed by atoms with E-state index in [9.17, 15) is 9.59 Å². The van der Waals surface area contributed by atoms with Crippen molar-refractivity contribution in [3.8, 4) is 0 Å². The van der Waals surface area contributed by atoms with E-state index in [1.165, 1.54) is 50.3 Å². The summed E-state index contributed by atoms with van der Waals surface area (Å²) in [5.41, 5.74) is 5.07. The number of nitrogens with two attached hydrogens (primary N) is 1. The van der Waals surface area contributed by atoms with Gasteiger partial charge in [-0.2, -0.15) is 0 Å². The number of rotatable bonds is 6. The number of hydrogen-bond donors (Lipinski definition) is 2. The summed E-state index contributed by atoms with van der Waals surface area (Å²) in [5.74, 6) is 2.53. The number of amides is 2. The number of carbonyl (C=O) groups is 2. The van der Waals surface area contributed by atoms with Crippen molar-refractivity contribution in [1.29, 1.82) is 0 Å². The van der Waals surface area contributed by atoms with Gasteiger partial charge in [0.25, 0.3) is 5.22 Å². The maximum absolute atomic E-state index is 11.6. The number of hydrogen-bond acceptors (Lipinski definition) is 6. The molecule has 0 atom stereocenters. The molecule has 4 saturated carbocycles. The highest BCUT2D eigenvalue weighted by Crippen LogP contribution is 2.60. The summed E-state index contributed by atoms with van der Waals surface area (Å²) >= 11 is 1.20. The second kappa shape index (κ2) is 6.06. The number of nitrogens with one attached hydrogen (secondary N) is 1. The average molecular weight is 350 g/mol. The minimum atomic E-state index is -0.560. The van der Waals surface area contributed by atoms with E-state index in [-0.39, 0.29) is 23.6 Å². The van der Waals surface area contributed by atoms with Gasteiger partial charge in [-0.1, -0.05) is 11.8 Å². The number of primary amides is 1. The molecular weight excluding hydrogens is 328 g/mol. The Bertz CT molecular complexity index is 624. The van der Waals surface area contributed by atoms with Gasteiger partial charge in [0.1, 0.15) is 0 Å². The Hall–Kier alpha value is -1.57. The van der Waals surface area contributed by atoms with E-state index in [0.717, 1.165) is 23.6 Å². The highest BCUT2D eigenvalue weighted by molar-refractivity contribution is 7.99. The van der Waals surface area contributed by atoms with Gasteiger partial charge in [0.2, 0.25) is 17.7 Å². The fourth-order valence-electron chi connectivity index (χ4n) is 5.22. The van der Waals surface area contributed by atoms with Crippen molar-refractivity contribution < 1.29 is 14.0 Å². The first-order chi connectivity index (χ1) is 11.5. The Morgan fingerprint density at radius 3 is 2.38 bits per heavy atom. The van der Waals surface area contributed by atoms with Gasteiger partial charge in [-0.3, -0.25) is 9.59 Å². The first-order valence-electron chi connectivity index (χ1n) is 8.54. The van der Waals surface area contributed by atoms with Gasteiger partial charge in [-0.25, -0.2) is 0 Å². The molecule has 0 unspecified atom stereocenters. The van der Waals surface area contributed by atoms with Crippen LogP contribution in [0.5, 0.6) is 0 Å². The molecule has 0 saturated heterocycles. The van der Waals surface area contributed by atoms with Crippen LogP contribution < -0.4 is 11.1 Å². The third kappa shape index (κ3) is 3.03. The third-order valence-electron chi connectivity index (χ3n) is 5.68. The van der Waals surface area contributed by atoms with E-state index in [0.29, 0.717) is 5.22 Å². The Kier molecular flexibility index (Phi) is 4.02. The summed E-state index contributed by atoms with van der Waals surface area (Å²) < 4.78 is 5.91. The molecule has 5 rings (SSSR count). The molecule has 1 aromatic rings. The van der Waals surface area contributed by atoms with Crippen molar-refractivity contribution in [3.63, 3.8) is 0 Å². The zero-order valence-corrected chi connectivity index (χ0v) is 14.3. The van der Waals surface area contributed by atoms with Crippen LogP contribution in [0.3, 0.4) is 0 Å². The molecule has 0 spiro atoms. The smallest absolute Gasteiger partial charge is 0.277 e. The van der Waals surface area contributed by atoms with Crippen molar-refractivity contribution in [1.82, 2.24) is 15.5 Å². The Morgan fingerprint density at radius 1 is 1.17 bits per heavy atom. The molecule has 130 valence electrons. The molecule has 4 fully saturated rings. The molecule has 4 aliphatic rings. The highest BCUT2D eigenvalue weighted by atomic mass is 32.2. The zero-order chi connectivity index (χ0) is 16.7. The number of thioether (sulfide) groups is 1. The van der Waals surface area contributed by atoms with Crippen LogP contribution in [0.25, 0.3) is 0 Å². The predicted molar refractivity (Wildman–Crippen MR) is 87.1 cm³/mol. The van der Waals surface area contributed by atoms with Crippen LogP contribution >= 0.6 is 11.8 Å². The van der Waals surface area contributed by atoms with Crippen LogP contribution in [-0.4, -0.2) is 34.3 Å². The predicted octanol–water partition coefficient (Wildman–Crippen LogP) is 1.23. The number of nitrogens with zero attached hydrogens (tertiary/aromatic N) is 2. The topological polar surface area (TPSA) is 111 Å². The normalized spacial score (nSPS) is 33.6. The molecule has 24 heavy (non-hydrogen) atoms. The van der Waals surface area contributed by atoms with Crippen molar-refractivity contribution in [2.45, 2.75) is 49.2 Å². The van der Waals surface area contributed by atoms with E-state index in [4.69, 9.17) is 10.2 Å². The Morgan fingerprint density at radius 2 is 1.79 bits per heavy atom. The molecule has 1 heterocycles. The van der Waals surface area contributed by atoms with E-state index >= 15 is 0 Å². The van der Waals surface area contributed by atoms with Crippen LogP contribution in [0.1, 0.15) is 44.4 Å². The number of carbonyl (C=O) groups excluding carboxylic acids is 2. The largest absolute Gasteiger partial charge is 0.415 e. The molecule has 0 aromatic carbocycles. The van der Waals surface area contributed by atoms with E-state index in [1.807, 2.05) is 0 Å². The molecule has 7 nitrogen and oxygen atoms in total. The SMILES string of the molecule is NC(=O)CNC(=O)CSc1nnc(C23CC4CC(CC(C4)C2)C3)o1. The van der Waals surface area contributed by atoms with Gasteiger partial charge in [0.15, 0.2) is 0 Å². The van der Waals surface area contributed by atoms with Gasteiger partial charge >= 0.3 is 0 Å². The van der Waals surface area contributed by atoms with Crippen molar-refractivity contribution >= 4 is 23.6 Å². The van der Waals surface area contributed by atoms with Crippen LogP contribution in [0, 0.1) is 17.8 Å². The molecule has 8 heteroatoms. The summed E-state index contributed by atoms with van der Waals surface area (Å²) in [6.45, 7) is -0.151. The second-order valence-corrected chi connectivity index (χ2v) is 8.53. The standard InChI is InChI=1S/C16H22N4O3S/c17-12(21)7-18-13(22)8-24-15-20-19-14(23-15)16-4-9-1-10(5-16)3-11(2-9)6-16/h9-11H,1-8H2,(H2,17,21)(H,18,22). The third-order valence-corrected chi connectivity index (χ3v) is 6.50. The van der Waals surface area contributed by atoms with Crippen molar-refractivity contribution in [2.24, 2.45) is 23.5 Å². The van der Waals surface area contributed by atoms with Gasteiger partial charge in [-0.05, 0) is 56.3 Å². The first kappa shape index (κ1) is 15.9. The van der Waals surface area contributed by atoms with E-state index < -0.39 is 5.91 Å². The van der Waals surface area contributed by atoms with Crippen molar-refractivity contribution in [2.75, 3.05) is 12.3 Å². The lowest BCUT2D eigenvalue weighted by molar-refractivity contribution is -0.123. The minimum absolute atomic E-state index is 0.0782. The molecular formula is C16H22N4O3S. The molecule has 4 bridgehead atoms. The van der Waals surface area contributed by atoms with Crippen LogP contribution in [0.2, 0.25) is 0 Å². The van der Waals surface area contributed by atoms with Gasteiger partial charge in [-0.15, -0.1) is 10.2 Å². The van der Waals surface area contributed by atoms with Gasteiger partial charge in [0, 0.05) is 5.41 Å². The van der Waals surface area contributed by atoms with E-state index in [2.05, 4.69) is 15.5 Å². The maximum Gasteiger partial charge on any atom is 0.277 e. The average Bonchev–Trinajstić information content (AvgIpc) is 2.99. The summed E-state index contributed by atoms with van der Waals surface area (Å²) in [7, 11) is 0. The minimum Gasteiger partial charge on any atom is -0.415 e. The molecule has 4 aliphatic carbocycles. The quantitative estimate of drug-likeness (QED) is 0.747. The lowest BCUT2D eigenvalue weighted by Crippen LogP contribution is -2.48. The number of aromatic nitrogens is 2. The molecule has 0 radical (unpaired) electrons. The monoisotopic (exact) mass is 350 g/mol. The van der Waals surface area contributed by atoms with Gasteiger partial charge < -0.3 is 15.5 Å². The van der Waals surface area contributed by atoms with Crippen LogP contribution in [-0.2, 0) is 15.0 Å². The first-order valence-corrected chi connectivity index (χ1v) is 9.53. The summed E-state index contributed by atoms with van der Waals surface area (Å²) in [6, 6.07) is 0. The molecule has 0 aliphatic heterocycles. The van der Waals surface area contributed by atoms with Crippen LogP contribution in [0.4, 0.5) is 0 Å². The summed E-state index contributed by atoms with van der Waals surface area (Å²) in [5, 5.41) is 11.3. The molecule has 1 aromatic heterocycles. The highest BCUT2D eigenvalue weighted by Gasteiger charge is 2.54. The summed E-state index contributed by atoms with van der Waals surface area (Å²) in [6.07, 6.45) is 7.62. The fourth-order valence-corrected chi connectivity index (χ4v) is 5.81. The lowest BCUT2D eigenvalue weighted by Gasteiger charge is -2.55. The molecule has 3 N–H and O–H groups in total. The maximum atomic E-state index is 11.6. The van der Waals surface area contributed by atoms with Gasteiger partial charge in [0.05, 0.1) is 12.3 Å². The Labute approximate surface area is 144 Å².